The van der Waals surface area contributed by atoms with Crippen molar-refractivity contribution in [2.24, 2.45) is 0 Å². The van der Waals surface area contributed by atoms with Gasteiger partial charge in [-0.1, -0.05) is 29.3 Å². The van der Waals surface area contributed by atoms with Crippen molar-refractivity contribution in [2.45, 2.75) is 18.9 Å². The highest BCUT2D eigenvalue weighted by Gasteiger charge is 2.22. The van der Waals surface area contributed by atoms with E-state index in [1.807, 2.05) is 18.2 Å². The van der Waals surface area contributed by atoms with E-state index in [1.165, 1.54) is 23.3 Å². The van der Waals surface area contributed by atoms with Crippen molar-refractivity contribution in [3.05, 3.63) is 63.4 Å². The van der Waals surface area contributed by atoms with E-state index in [-0.39, 0.29) is 11.9 Å². The minimum Gasteiger partial charge on any atom is -0.378 e. The molecule has 2 aromatic rings. The van der Waals surface area contributed by atoms with Crippen molar-refractivity contribution in [2.75, 3.05) is 5.32 Å². The first-order valence-corrected chi connectivity index (χ1v) is 6.88. The zero-order valence-electron chi connectivity index (χ0n) is 10.1. The Balaban J connectivity index is 1.86. The van der Waals surface area contributed by atoms with Gasteiger partial charge in [0.15, 0.2) is 0 Å². The van der Waals surface area contributed by atoms with Gasteiger partial charge in [-0.25, -0.2) is 4.39 Å². The van der Waals surface area contributed by atoms with Crippen LogP contribution in [-0.2, 0) is 6.42 Å². The lowest BCUT2D eigenvalue weighted by molar-refractivity contribution is 0.627. The minimum atomic E-state index is -0.329. The first-order valence-electron chi connectivity index (χ1n) is 6.13. The highest BCUT2D eigenvalue weighted by atomic mass is 35.5. The number of rotatable bonds is 2. The summed E-state index contributed by atoms with van der Waals surface area (Å²) >= 11 is 11.8. The first kappa shape index (κ1) is 12.8. The van der Waals surface area contributed by atoms with Crippen molar-refractivity contribution in [1.29, 1.82) is 0 Å². The van der Waals surface area contributed by atoms with E-state index in [4.69, 9.17) is 23.2 Å². The summed E-state index contributed by atoms with van der Waals surface area (Å²) in [5, 5.41) is 4.49. The summed E-state index contributed by atoms with van der Waals surface area (Å²) in [5.74, 6) is -0.329. The standard InChI is InChI=1S/C15H12Cl2FN/c16-10-2-3-14-9(5-10)1-4-15(14)19-13-7-11(17)6-12(18)8-13/h2-3,5-8,15,19H,1,4H2. The molecule has 3 rings (SSSR count). The van der Waals surface area contributed by atoms with Gasteiger partial charge in [0.25, 0.3) is 0 Å². The van der Waals surface area contributed by atoms with Gasteiger partial charge in [-0.05, 0) is 54.3 Å². The molecule has 0 aromatic heterocycles. The van der Waals surface area contributed by atoms with Gasteiger partial charge in [-0.3, -0.25) is 0 Å². The van der Waals surface area contributed by atoms with Gasteiger partial charge in [-0.2, -0.15) is 0 Å². The van der Waals surface area contributed by atoms with E-state index in [9.17, 15) is 4.39 Å². The summed E-state index contributed by atoms with van der Waals surface area (Å²) < 4.78 is 13.3. The number of benzene rings is 2. The van der Waals surface area contributed by atoms with E-state index in [0.29, 0.717) is 10.7 Å². The molecule has 98 valence electrons. The Labute approximate surface area is 121 Å². The number of hydrogen-bond acceptors (Lipinski definition) is 1. The Morgan fingerprint density at radius 2 is 1.89 bits per heavy atom. The molecular weight excluding hydrogens is 284 g/mol. The molecule has 19 heavy (non-hydrogen) atoms. The molecular formula is C15H12Cl2FN. The molecule has 0 saturated heterocycles. The lowest BCUT2D eigenvalue weighted by Gasteiger charge is -2.16. The fourth-order valence-electron chi connectivity index (χ4n) is 2.57. The third kappa shape index (κ3) is 2.70. The van der Waals surface area contributed by atoms with Gasteiger partial charge in [0.2, 0.25) is 0 Å². The average molecular weight is 296 g/mol. The van der Waals surface area contributed by atoms with Crippen molar-refractivity contribution in [1.82, 2.24) is 0 Å². The quantitative estimate of drug-likeness (QED) is 0.800. The summed E-state index contributed by atoms with van der Waals surface area (Å²) in [7, 11) is 0. The van der Waals surface area contributed by atoms with Gasteiger partial charge in [0.05, 0.1) is 6.04 Å². The molecule has 2 aromatic carbocycles. The molecule has 1 aliphatic rings. The minimum absolute atomic E-state index is 0.185. The number of hydrogen-bond donors (Lipinski definition) is 1. The van der Waals surface area contributed by atoms with E-state index >= 15 is 0 Å². The molecule has 0 spiro atoms. The van der Waals surface area contributed by atoms with E-state index in [2.05, 4.69) is 5.32 Å². The summed E-state index contributed by atoms with van der Waals surface area (Å²) in [6.07, 6.45) is 1.96. The number of aryl methyl sites for hydroxylation is 1. The highest BCUT2D eigenvalue weighted by Crippen LogP contribution is 2.35. The fourth-order valence-corrected chi connectivity index (χ4v) is 2.99. The van der Waals surface area contributed by atoms with Crippen molar-refractivity contribution < 1.29 is 4.39 Å². The van der Waals surface area contributed by atoms with E-state index in [0.717, 1.165) is 17.9 Å². The van der Waals surface area contributed by atoms with Gasteiger partial charge >= 0.3 is 0 Å². The van der Waals surface area contributed by atoms with Crippen LogP contribution in [0.2, 0.25) is 10.0 Å². The van der Waals surface area contributed by atoms with Crippen molar-refractivity contribution >= 4 is 28.9 Å². The maximum atomic E-state index is 13.3. The van der Waals surface area contributed by atoms with Crippen LogP contribution in [0.15, 0.2) is 36.4 Å². The molecule has 1 atom stereocenters. The largest absolute Gasteiger partial charge is 0.378 e. The Kier molecular flexibility index (Phi) is 3.38. The molecule has 0 heterocycles. The van der Waals surface area contributed by atoms with E-state index < -0.39 is 0 Å². The van der Waals surface area contributed by atoms with Crippen LogP contribution in [0.25, 0.3) is 0 Å². The van der Waals surface area contributed by atoms with Gasteiger partial charge in [-0.15, -0.1) is 0 Å². The zero-order chi connectivity index (χ0) is 13.4. The molecule has 0 fully saturated rings. The summed E-state index contributed by atoms with van der Waals surface area (Å²) in [5.41, 5.74) is 3.19. The van der Waals surface area contributed by atoms with Gasteiger partial charge < -0.3 is 5.32 Å². The predicted molar refractivity (Wildman–Crippen MR) is 77.5 cm³/mol. The molecule has 4 heteroatoms. The number of anilines is 1. The van der Waals surface area contributed by atoms with Crippen molar-refractivity contribution in [3.63, 3.8) is 0 Å². The van der Waals surface area contributed by atoms with Crippen molar-refractivity contribution in [3.8, 4) is 0 Å². The average Bonchev–Trinajstić information content (AvgIpc) is 2.70. The second-order valence-corrected chi connectivity index (χ2v) is 5.61. The normalized spacial score (nSPS) is 17.3. The Bertz CT molecular complexity index is 607. The molecule has 0 aliphatic heterocycles. The molecule has 0 radical (unpaired) electrons. The SMILES string of the molecule is Fc1cc(Cl)cc(NC2CCc3cc(Cl)ccc32)c1. The Hall–Kier alpha value is -1.25. The van der Waals surface area contributed by atoms with Crippen LogP contribution >= 0.6 is 23.2 Å². The first-order chi connectivity index (χ1) is 9.11. The number of halogens is 3. The van der Waals surface area contributed by atoms with Crippen LogP contribution < -0.4 is 5.32 Å². The van der Waals surface area contributed by atoms with E-state index in [1.54, 1.807) is 6.07 Å². The van der Waals surface area contributed by atoms with Crippen LogP contribution in [0.5, 0.6) is 0 Å². The molecule has 1 nitrogen and oxygen atoms in total. The molecule has 1 unspecified atom stereocenters. The maximum absolute atomic E-state index is 13.3. The highest BCUT2D eigenvalue weighted by molar-refractivity contribution is 6.31. The molecule has 0 saturated carbocycles. The van der Waals surface area contributed by atoms with Crippen LogP contribution in [0.3, 0.4) is 0 Å². The maximum Gasteiger partial charge on any atom is 0.126 e. The predicted octanol–water partition coefficient (Wildman–Crippen LogP) is 5.23. The monoisotopic (exact) mass is 295 g/mol. The zero-order valence-corrected chi connectivity index (χ0v) is 11.6. The lowest BCUT2D eigenvalue weighted by Crippen LogP contribution is -2.07. The van der Waals surface area contributed by atoms with Crippen LogP contribution in [0.1, 0.15) is 23.6 Å². The topological polar surface area (TPSA) is 12.0 Å². The number of nitrogens with one attached hydrogen (secondary N) is 1. The third-order valence-electron chi connectivity index (χ3n) is 3.39. The Morgan fingerprint density at radius 3 is 2.68 bits per heavy atom. The number of fused-ring (bicyclic) bond motifs is 1. The summed E-state index contributed by atoms with van der Waals surface area (Å²) in [4.78, 5) is 0. The second kappa shape index (κ2) is 5.03. The lowest BCUT2D eigenvalue weighted by atomic mass is 10.1. The van der Waals surface area contributed by atoms with Gasteiger partial charge in [0.1, 0.15) is 5.82 Å². The van der Waals surface area contributed by atoms with Crippen LogP contribution in [-0.4, -0.2) is 0 Å². The van der Waals surface area contributed by atoms with Crippen LogP contribution in [0.4, 0.5) is 10.1 Å². The van der Waals surface area contributed by atoms with Gasteiger partial charge in [0, 0.05) is 15.7 Å². The molecule has 0 bridgehead atoms. The second-order valence-electron chi connectivity index (χ2n) is 4.74. The summed E-state index contributed by atoms with van der Waals surface area (Å²) in [6, 6.07) is 10.6. The summed E-state index contributed by atoms with van der Waals surface area (Å²) in [6.45, 7) is 0. The Morgan fingerprint density at radius 1 is 1.05 bits per heavy atom. The third-order valence-corrected chi connectivity index (χ3v) is 3.84. The fraction of sp³-hybridized carbons (Fsp3) is 0.200. The molecule has 1 aliphatic carbocycles. The van der Waals surface area contributed by atoms with Crippen LogP contribution in [0, 0.1) is 5.82 Å². The smallest absolute Gasteiger partial charge is 0.126 e. The molecule has 1 N–H and O–H groups in total. The molecule has 0 amide bonds.